The Morgan fingerprint density at radius 1 is 1.10 bits per heavy atom. The summed E-state index contributed by atoms with van der Waals surface area (Å²) in [4.78, 5) is 24.4. The molecule has 29 heavy (non-hydrogen) atoms. The van der Waals surface area contributed by atoms with Crippen molar-refractivity contribution < 1.29 is 27.5 Å². The van der Waals surface area contributed by atoms with Crippen molar-refractivity contribution in [2.75, 3.05) is 38.7 Å². The Labute approximate surface area is 168 Å². The lowest BCUT2D eigenvalue weighted by Crippen LogP contribution is -2.40. The fourth-order valence-corrected chi connectivity index (χ4v) is 4.39. The molecule has 2 amide bonds. The lowest BCUT2D eigenvalue weighted by molar-refractivity contribution is 0.0730. The predicted molar refractivity (Wildman–Crippen MR) is 105 cm³/mol. The largest absolute Gasteiger partial charge is 0.496 e. The Morgan fingerprint density at radius 3 is 2.45 bits per heavy atom. The number of ether oxygens (including phenoxy) is 2. The van der Waals surface area contributed by atoms with Gasteiger partial charge in [-0.2, -0.15) is 4.31 Å². The molecular formula is C19H21N3O6S. The third-order valence-corrected chi connectivity index (χ3v) is 6.36. The van der Waals surface area contributed by atoms with Gasteiger partial charge in [-0.15, -0.1) is 0 Å². The van der Waals surface area contributed by atoms with E-state index >= 15 is 0 Å². The SMILES string of the molecule is COc1ccc(S(=O)(=O)N2CCOCC2)cc1C(=O)Nc1ccccc1C(N)=O. The summed E-state index contributed by atoms with van der Waals surface area (Å²) >= 11 is 0. The number of hydrogen-bond acceptors (Lipinski definition) is 6. The van der Waals surface area contributed by atoms with Crippen molar-refractivity contribution in [3.63, 3.8) is 0 Å². The monoisotopic (exact) mass is 419 g/mol. The van der Waals surface area contributed by atoms with Crippen molar-refractivity contribution in [3.8, 4) is 5.75 Å². The summed E-state index contributed by atoms with van der Waals surface area (Å²) in [5.74, 6) is -1.13. The molecular weight excluding hydrogens is 398 g/mol. The molecule has 0 spiro atoms. The van der Waals surface area contributed by atoms with Crippen LogP contribution in [0, 0.1) is 0 Å². The first kappa shape index (κ1) is 20.8. The minimum Gasteiger partial charge on any atom is -0.496 e. The van der Waals surface area contributed by atoms with Crippen molar-refractivity contribution >= 4 is 27.5 Å². The third kappa shape index (κ3) is 4.39. The number of nitrogens with one attached hydrogen (secondary N) is 1. The number of carbonyl (C=O) groups is 2. The number of sulfonamides is 1. The van der Waals surface area contributed by atoms with Crippen LogP contribution in [-0.4, -0.2) is 58.0 Å². The topological polar surface area (TPSA) is 128 Å². The molecule has 1 saturated heterocycles. The van der Waals surface area contributed by atoms with Crippen LogP contribution in [0.2, 0.25) is 0 Å². The minimum atomic E-state index is -3.79. The van der Waals surface area contributed by atoms with E-state index in [2.05, 4.69) is 5.32 Å². The van der Waals surface area contributed by atoms with Gasteiger partial charge in [-0.3, -0.25) is 9.59 Å². The molecule has 0 atom stereocenters. The van der Waals surface area contributed by atoms with Gasteiger partial charge in [-0.05, 0) is 30.3 Å². The van der Waals surface area contributed by atoms with Crippen LogP contribution in [-0.2, 0) is 14.8 Å². The van der Waals surface area contributed by atoms with Crippen LogP contribution in [0.1, 0.15) is 20.7 Å². The van der Waals surface area contributed by atoms with Gasteiger partial charge in [0.15, 0.2) is 0 Å². The van der Waals surface area contributed by atoms with E-state index in [0.717, 1.165) is 0 Å². The number of primary amides is 1. The molecule has 0 aromatic heterocycles. The minimum absolute atomic E-state index is 0.0149. The van der Waals surface area contributed by atoms with Crippen molar-refractivity contribution in [2.45, 2.75) is 4.90 Å². The quantitative estimate of drug-likeness (QED) is 0.721. The van der Waals surface area contributed by atoms with Gasteiger partial charge < -0.3 is 20.5 Å². The lowest BCUT2D eigenvalue weighted by atomic mass is 10.1. The highest BCUT2D eigenvalue weighted by Crippen LogP contribution is 2.26. The van der Waals surface area contributed by atoms with E-state index in [4.69, 9.17) is 15.2 Å². The maximum Gasteiger partial charge on any atom is 0.259 e. The van der Waals surface area contributed by atoms with Crippen LogP contribution >= 0.6 is 0 Å². The molecule has 0 radical (unpaired) electrons. The first-order chi connectivity index (χ1) is 13.8. The Morgan fingerprint density at radius 2 is 1.79 bits per heavy atom. The molecule has 0 aliphatic carbocycles. The standard InChI is InChI=1S/C19H21N3O6S/c1-27-17-7-6-13(29(25,26)22-8-10-28-11-9-22)12-15(17)19(24)21-16-5-3-2-4-14(16)18(20)23/h2-7,12H,8-11H2,1H3,(H2,20,23)(H,21,24). The smallest absolute Gasteiger partial charge is 0.259 e. The molecule has 1 aliphatic heterocycles. The molecule has 154 valence electrons. The first-order valence-corrected chi connectivity index (χ1v) is 10.2. The Bertz CT molecular complexity index is 1030. The molecule has 0 bridgehead atoms. The summed E-state index contributed by atoms with van der Waals surface area (Å²) in [6.07, 6.45) is 0. The van der Waals surface area contributed by atoms with E-state index in [1.807, 2.05) is 0 Å². The summed E-state index contributed by atoms with van der Waals surface area (Å²) in [5.41, 5.74) is 5.71. The lowest BCUT2D eigenvalue weighted by Gasteiger charge is -2.26. The Hall–Kier alpha value is -2.95. The van der Waals surface area contributed by atoms with E-state index < -0.39 is 21.8 Å². The highest BCUT2D eigenvalue weighted by atomic mass is 32.2. The average Bonchev–Trinajstić information content (AvgIpc) is 2.74. The van der Waals surface area contributed by atoms with Crippen LogP contribution in [0.3, 0.4) is 0 Å². The maximum atomic E-state index is 12.9. The molecule has 2 aromatic rings. The first-order valence-electron chi connectivity index (χ1n) is 8.80. The molecule has 1 aliphatic rings. The number of hydrogen-bond donors (Lipinski definition) is 2. The van der Waals surface area contributed by atoms with E-state index in [0.29, 0.717) is 13.2 Å². The van der Waals surface area contributed by atoms with Gasteiger partial charge in [0.25, 0.3) is 11.8 Å². The molecule has 9 nitrogen and oxygen atoms in total. The van der Waals surface area contributed by atoms with Gasteiger partial charge in [0.1, 0.15) is 5.75 Å². The number of nitrogens with zero attached hydrogens (tertiary/aromatic N) is 1. The van der Waals surface area contributed by atoms with Gasteiger partial charge in [0, 0.05) is 13.1 Å². The highest BCUT2D eigenvalue weighted by molar-refractivity contribution is 7.89. The summed E-state index contributed by atoms with van der Waals surface area (Å²) < 4.78 is 37.5. The van der Waals surface area contributed by atoms with Gasteiger partial charge in [0.2, 0.25) is 10.0 Å². The van der Waals surface area contributed by atoms with Gasteiger partial charge in [-0.1, -0.05) is 12.1 Å². The zero-order valence-corrected chi connectivity index (χ0v) is 16.6. The summed E-state index contributed by atoms with van der Waals surface area (Å²) in [6, 6.07) is 10.3. The Balaban J connectivity index is 1.95. The number of benzene rings is 2. The fraction of sp³-hybridized carbons (Fsp3) is 0.263. The predicted octanol–water partition coefficient (Wildman–Crippen LogP) is 1.07. The van der Waals surface area contributed by atoms with Crippen LogP contribution in [0.5, 0.6) is 5.75 Å². The van der Waals surface area contributed by atoms with Crippen LogP contribution in [0.4, 0.5) is 5.69 Å². The maximum absolute atomic E-state index is 12.9. The number of nitrogens with two attached hydrogens (primary N) is 1. The fourth-order valence-electron chi connectivity index (χ4n) is 2.96. The number of anilines is 1. The van der Waals surface area contributed by atoms with Crippen molar-refractivity contribution in [1.82, 2.24) is 4.31 Å². The van der Waals surface area contributed by atoms with E-state index in [1.54, 1.807) is 12.1 Å². The highest BCUT2D eigenvalue weighted by Gasteiger charge is 2.28. The number of morpholine rings is 1. The number of amides is 2. The number of rotatable bonds is 6. The van der Waals surface area contributed by atoms with Crippen molar-refractivity contribution in [1.29, 1.82) is 0 Å². The summed E-state index contributed by atoms with van der Waals surface area (Å²) in [6.45, 7) is 1.10. The van der Waals surface area contributed by atoms with E-state index in [-0.39, 0.29) is 40.5 Å². The molecule has 2 aromatic carbocycles. The normalized spacial score (nSPS) is 14.9. The molecule has 1 fully saturated rings. The van der Waals surface area contributed by atoms with E-state index in [9.17, 15) is 18.0 Å². The van der Waals surface area contributed by atoms with Gasteiger partial charge >= 0.3 is 0 Å². The molecule has 3 rings (SSSR count). The second-order valence-electron chi connectivity index (χ2n) is 6.24. The Kier molecular flexibility index (Phi) is 6.16. The van der Waals surface area contributed by atoms with Crippen LogP contribution in [0.15, 0.2) is 47.4 Å². The van der Waals surface area contributed by atoms with Crippen molar-refractivity contribution in [3.05, 3.63) is 53.6 Å². The third-order valence-electron chi connectivity index (χ3n) is 4.46. The average molecular weight is 419 g/mol. The molecule has 1 heterocycles. The number of carbonyl (C=O) groups excluding carboxylic acids is 2. The molecule has 0 saturated carbocycles. The summed E-state index contributed by atoms with van der Waals surface area (Å²) in [7, 11) is -2.42. The van der Waals surface area contributed by atoms with Crippen LogP contribution < -0.4 is 15.8 Å². The van der Waals surface area contributed by atoms with Crippen molar-refractivity contribution in [2.24, 2.45) is 5.73 Å². The molecule has 3 N–H and O–H groups in total. The zero-order chi connectivity index (χ0) is 21.0. The zero-order valence-electron chi connectivity index (χ0n) is 15.8. The second-order valence-corrected chi connectivity index (χ2v) is 8.18. The van der Waals surface area contributed by atoms with E-state index in [1.165, 1.54) is 41.7 Å². The second kappa shape index (κ2) is 8.60. The van der Waals surface area contributed by atoms with Gasteiger partial charge in [-0.25, -0.2) is 8.42 Å². The molecule has 10 heteroatoms. The van der Waals surface area contributed by atoms with Crippen LogP contribution in [0.25, 0.3) is 0 Å². The summed E-state index contributed by atoms with van der Waals surface area (Å²) in [5, 5.41) is 2.59. The number of methoxy groups -OCH3 is 1. The number of para-hydroxylation sites is 1. The molecule has 0 unspecified atom stereocenters. The van der Waals surface area contributed by atoms with Gasteiger partial charge in [0.05, 0.1) is 42.0 Å².